The first kappa shape index (κ1) is 11.6. The molecule has 0 saturated carbocycles. The minimum atomic E-state index is 0.283. The number of hydrogen-bond acceptors (Lipinski definition) is 2. The van der Waals surface area contributed by atoms with Gasteiger partial charge in [0.1, 0.15) is 11.5 Å². The van der Waals surface area contributed by atoms with E-state index in [1.54, 1.807) is 12.1 Å². The predicted molar refractivity (Wildman–Crippen MR) is 91.0 cm³/mol. The molecule has 2 heteroatoms. The van der Waals surface area contributed by atoms with Gasteiger partial charge in [-0.2, -0.15) is 0 Å². The van der Waals surface area contributed by atoms with E-state index < -0.39 is 0 Å². The van der Waals surface area contributed by atoms with Gasteiger partial charge >= 0.3 is 0 Å². The molecule has 0 fully saturated rings. The maximum atomic E-state index is 9.88. The van der Waals surface area contributed by atoms with Crippen LogP contribution in [0.5, 0.6) is 11.5 Å². The van der Waals surface area contributed by atoms with Crippen molar-refractivity contribution in [1.82, 2.24) is 0 Å². The van der Waals surface area contributed by atoms with Crippen LogP contribution >= 0.6 is 0 Å². The van der Waals surface area contributed by atoms with Crippen molar-refractivity contribution in [1.29, 1.82) is 0 Å². The number of rotatable bonds is 0. The number of aromatic hydroxyl groups is 2. The lowest BCUT2D eigenvalue weighted by Gasteiger charge is -2.13. The highest BCUT2D eigenvalue weighted by molar-refractivity contribution is 6.29. The first-order valence-corrected chi connectivity index (χ1v) is 7.24. The van der Waals surface area contributed by atoms with Crippen molar-refractivity contribution in [3.05, 3.63) is 60.7 Å². The molecule has 0 radical (unpaired) electrons. The number of fused-ring (bicyclic) bond motifs is 2. The number of phenolic OH excluding ortho intramolecular Hbond substituents is 2. The molecule has 0 aliphatic heterocycles. The Morgan fingerprint density at radius 3 is 1.82 bits per heavy atom. The Hall–Kier alpha value is -3.00. The molecule has 22 heavy (non-hydrogen) atoms. The molecule has 5 aromatic rings. The second-order valence-electron chi connectivity index (χ2n) is 5.83. The third-order valence-corrected chi connectivity index (χ3v) is 4.50. The number of benzene rings is 5. The molecule has 0 atom stereocenters. The van der Waals surface area contributed by atoms with E-state index in [1.165, 1.54) is 16.2 Å². The van der Waals surface area contributed by atoms with E-state index in [0.717, 1.165) is 26.9 Å². The van der Waals surface area contributed by atoms with Crippen LogP contribution in [0.2, 0.25) is 0 Å². The summed E-state index contributed by atoms with van der Waals surface area (Å²) in [5.74, 6) is 0.575. The van der Waals surface area contributed by atoms with Crippen LogP contribution in [0.15, 0.2) is 60.7 Å². The fraction of sp³-hybridized carbons (Fsp3) is 0. The monoisotopic (exact) mass is 284 g/mol. The van der Waals surface area contributed by atoms with Crippen molar-refractivity contribution in [2.45, 2.75) is 0 Å². The van der Waals surface area contributed by atoms with E-state index in [0.29, 0.717) is 5.75 Å². The van der Waals surface area contributed by atoms with Crippen LogP contribution in [0.3, 0.4) is 0 Å². The Balaban J connectivity index is 2.14. The molecular formula is C20H12O2. The lowest BCUT2D eigenvalue weighted by molar-refractivity contribution is 0.476. The lowest BCUT2D eigenvalue weighted by Crippen LogP contribution is -1.85. The zero-order chi connectivity index (χ0) is 14.8. The molecule has 2 nitrogen and oxygen atoms in total. The van der Waals surface area contributed by atoms with Crippen LogP contribution in [0.1, 0.15) is 0 Å². The van der Waals surface area contributed by atoms with Gasteiger partial charge < -0.3 is 10.2 Å². The van der Waals surface area contributed by atoms with Crippen molar-refractivity contribution in [3.8, 4) is 11.5 Å². The maximum absolute atomic E-state index is 9.88. The molecule has 2 N–H and O–H groups in total. The van der Waals surface area contributed by atoms with Gasteiger partial charge in [-0.25, -0.2) is 0 Å². The molecule has 5 aromatic carbocycles. The van der Waals surface area contributed by atoms with Crippen LogP contribution in [-0.2, 0) is 0 Å². The summed E-state index contributed by atoms with van der Waals surface area (Å²) in [6.45, 7) is 0. The standard InChI is InChI=1S/C20H12O2/c21-15-4-6-17-14(10-15)7-11-1-2-12-8-16(22)9-13-3-5-18(17)20(11)19(12)13/h1-10,21-22H. The Morgan fingerprint density at radius 2 is 1.05 bits per heavy atom. The molecule has 0 unspecified atom stereocenters. The Morgan fingerprint density at radius 1 is 0.455 bits per heavy atom. The largest absolute Gasteiger partial charge is 0.508 e. The van der Waals surface area contributed by atoms with E-state index in [-0.39, 0.29) is 5.75 Å². The van der Waals surface area contributed by atoms with E-state index in [2.05, 4.69) is 24.3 Å². The lowest BCUT2D eigenvalue weighted by atomic mass is 9.91. The zero-order valence-electron chi connectivity index (χ0n) is 11.7. The van der Waals surface area contributed by atoms with Crippen molar-refractivity contribution < 1.29 is 10.2 Å². The summed E-state index contributed by atoms with van der Waals surface area (Å²) in [5, 5.41) is 28.6. The van der Waals surface area contributed by atoms with Crippen LogP contribution < -0.4 is 0 Å². The Labute approximate surface area is 126 Å². The van der Waals surface area contributed by atoms with Crippen LogP contribution in [0, 0.1) is 0 Å². The third-order valence-electron chi connectivity index (χ3n) is 4.50. The second-order valence-corrected chi connectivity index (χ2v) is 5.83. The molecule has 0 aliphatic rings. The molecule has 0 amide bonds. The summed E-state index contributed by atoms with van der Waals surface area (Å²) in [6, 6.07) is 19.5. The van der Waals surface area contributed by atoms with E-state index >= 15 is 0 Å². The average Bonchev–Trinajstić information content (AvgIpc) is 2.51. The first-order chi connectivity index (χ1) is 10.7. The van der Waals surface area contributed by atoms with Gasteiger partial charge in [-0.05, 0) is 73.4 Å². The van der Waals surface area contributed by atoms with Gasteiger partial charge in [0.25, 0.3) is 0 Å². The topological polar surface area (TPSA) is 40.5 Å². The van der Waals surface area contributed by atoms with E-state index in [1.807, 2.05) is 24.3 Å². The first-order valence-electron chi connectivity index (χ1n) is 7.24. The van der Waals surface area contributed by atoms with Crippen LogP contribution in [0.4, 0.5) is 0 Å². The summed E-state index contributed by atoms with van der Waals surface area (Å²) in [5.41, 5.74) is 0. The minimum Gasteiger partial charge on any atom is -0.508 e. The summed E-state index contributed by atoms with van der Waals surface area (Å²) in [7, 11) is 0. The molecule has 0 spiro atoms. The quantitative estimate of drug-likeness (QED) is 0.305. The van der Waals surface area contributed by atoms with Crippen molar-refractivity contribution in [3.63, 3.8) is 0 Å². The van der Waals surface area contributed by atoms with Gasteiger partial charge in [-0.1, -0.05) is 30.3 Å². The maximum Gasteiger partial charge on any atom is 0.116 e. The fourth-order valence-electron chi connectivity index (χ4n) is 3.60. The summed E-state index contributed by atoms with van der Waals surface area (Å²) < 4.78 is 0. The average molecular weight is 284 g/mol. The molecule has 0 aromatic heterocycles. The van der Waals surface area contributed by atoms with Crippen molar-refractivity contribution in [2.75, 3.05) is 0 Å². The van der Waals surface area contributed by atoms with Crippen molar-refractivity contribution in [2.24, 2.45) is 0 Å². The van der Waals surface area contributed by atoms with Crippen molar-refractivity contribution >= 4 is 43.1 Å². The van der Waals surface area contributed by atoms with Crippen LogP contribution in [-0.4, -0.2) is 10.2 Å². The SMILES string of the molecule is Oc1ccc2c(c1)cc1ccc3cc(O)cc4ccc2c1c34. The zero-order valence-corrected chi connectivity index (χ0v) is 11.7. The third kappa shape index (κ3) is 1.39. The number of phenols is 2. The second kappa shape index (κ2) is 3.80. The minimum absolute atomic E-state index is 0.283. The molecule has 0 bridgehead atoms. The molecular weight excluding hydrogens is 272 g/mol. The van der Waals surface area contributed by atoms with E-state index in [4.69, 9.17) is 0 Å². The highest BCUT2D eigenvalue weighted by Crippen LogP contribution is 2.40. The molecule has 0 saturated heterocycles. The van der Waals surface area contributed by atoms with Gasteiger partial charge in [-0.3, -0.25) is 0 Å². The Bertz CT molecular complexity index is 1170. The van der Waals surface area contributed by atoms with Gasteiger partial charge in [0.15, 0.2) is 0 Å². The van der Waals surface area contributed by atoms with Gasteiger partial charge in [0, 0.05) is 0 Å². The van der Waals surface area contributed by atoms with Crippen LogP contribution in [0.25, 0.3) is 43.1 Å². The molecule has 0 aliphatic carbocycles. The number of hydrogen-bond donors (Lipinski definition) is 2. The highest BCUT2D eigenvalue weighted by atomic mass is 16.3. The summed E-state index contributed by atoms with van der Waals surface area (Å²) in [4.78, 5) is 0. The molecule has 0 heterocycles. The normalized spacial score (nSPS) is 12.0. The smallest absolute Gasteiger partial charge is 0.116 e. The molecule has 5 rings (SSSR count). The van der Waals surface area contributed by atoms with Gasteiger partial charge in [0.05, 0.1) is 0 Å². The summed E-state index contributed by atoms with van der Waals surface area (Å²) in [6.07, 6.45) is 0. The predicted octanol–water partition coefficient (Wildman–Crippen LogP) is 5.15. The fourth-order valence-corrected chi connectivity index (χ4v) is 3.60. The Kier molecular flexibility index (Phi) is 2.01. The molecule has 104 valence electrons. The highest BCUT2D eigenvalue weighted by Gasteiger charge is 2.12. The van der Waals surface area contributed by atoms with Gasteiger partial charge in [-0.15, -0.1) is 0 Å². The van der Waals surface area contributed by atoms with Gasteiger partial charge in [0.2, 0.25) is 0 Å². The summed E-state index contributed by atoms with van der Waals surface area (Å²) >= 11 is 0. The van der Waals surface area contributed by atoms with E-state index in [9.17, 15) is 10.2 Å².